The van der Waals surface area contributed by atoms with Crippen LogP contribution in [0.2, 0.25) is 5.02 Å². The van der Waals surface area contributed by atoms with Gasteiger partial charge in [0.25, 0.3) is 11.1 Å². The Balaban J connectivity index is 1.65. The number of carbonyl (C=O) groups is 2. The number of aryl methyl sites for hydroxylation is 1. The van der Waals surface area contributed by atoms with Crippen LogP contribution in [0.4, 0.5) is 4.79 Å². The highest BCUT2D eigenvalue weighted by atomic mass is 35.5. The Morgan fingerprint density at radius 1 is 1.00 bits per heavy atom. The van der Waals surface area contributed by atoms with Crippen molar-refractivity contribution >= 4 is 40.6 Å². The first-order valence-electron chi connectivity index (χ1n) is 7.69. The fourth-order valence-corrected chi connectivity index (χ4v) is 3.56. The van der Waals surface area contributed by atoms with Gasteiger partial charge in [0.15, 0.2) is 0 Å². The molecule has 0 atom stereocenters. The second kappa shape index (κ2) is 7.69. The molecule has 0 saturated carbocycles. The minimum atomic E-state index is -0.238. The molecule has 122 valence electrons. The van der Waals surface area contributed by atoms with E-state index in [9.17, 15) is 9.59 Å². The number of thioether (sulfide) groups is 1. The largest absolute Gasteiger partial charge is 0.293 e. The van der Waals surface area contributed by atoms with Gasteiger partial charge >= 0.3 is 0 Å². The molecule has 0 aromatic heterocycles. The zero-order valence-corrected chi connectivity index (χ0v) is 14.5. The van der Waals surface area contributed by atoms with Gasteiger partial charge in [0.2, 0.25) is 0 Å². The molecular formula is C19H16ClNO2S. The minimum Gasteiger partial charge on any atom is -0.268 e. The molecule has 0 unspecified atom stereocenters. The lowest BCUT2D eigenvalue weighted by Crippen LogP contribution is -2.29. The van der Waals surface area contributed by atoms with Crippen molar-refractivity contribution in [2.75, 3.05) is 6.54 Å². The van der Waals surface area contributed by atoms with E-state index >= 15 is 0 Å². The van der Waals surface area contributed by atoms with E-state index in [0.717, 1.165) is 30.2 Å². The van der Waals surface area contributed by atoms with E-state index in [4.69, 9.17) is 11.6 Å². The van der Waals surface area contributed by atoms with Crippen molar-refractivity contribution < 1.29 is 9.59 Å². The molecule has 2 amide bonds. The molecule has 1 saturated heterocycles. The molecule has 1 aliphatic heterocycles. The summed E-state index contributed by atoms with van der Waals surface area (Å²) in [6, 6.07) is 17.3. The van der Waals surface area contributed by atoms with Crippen LogP contribution in [-0.4, -0.2) is 22.6 Å². The van der Waals surface area contributed by atoms with Gasteiger partial charge in [0.05, 0.1) is 4.91 Å². The van der Waals surface area contributed by atoms with Crippen molar-refractivity contribution in [2.24, 2.45) is 0 Å². The first-order valence-corrected chi connectivity index (χ1v) is 8.88. The smallest absolute Gasteiger partial charge is 0.268 e. The molecule has 0 aliphatic carbocycles. The minimum absolute atomic E-state index is 0.216. The molecule has 1 aliphatic rings. The third-order valence-electron chi connectivity index (χ3n) is 3.76. The van der Waals surface area contributed by atoms with Crippen molar-refractivity contribution in [3.05, 3.63) is 75.7 Å². The second-order valence-electron chi connectivity index (χ2n) is 5.44. The molecule has 0 bridgehead atoms. The number of imide groups is 1. The van der Waals surface area contributed by atoms with Crippen molar-refractivity contribution in [3.8, 4) is 0 Å². The van der Waals surface area contributed by atoms with Gasteiger partial charge in [-0.05, 0) is 47.9 Å². The Morgan fingerprint density at radius 2 is 1.71 bits per heavy atom. The Kier molecular flexibility index (Phi) is 5.38. The van der Waals surface area contributed by atoms with Gasteiger partial charge in [0, 0.05) is 11.6 Å². The number of rotatable bonds is 5. The van der Waals surface area contributed by atoms with E-state index in [2.05, 4.69) is 0 Å². The third kappa shape index (κ3) is 3.89. The van der Waals surface area contributed by atoms with Crippen molar-refractivity contribution in [2.45, 2.75) is 12.8 Å². The molecule has 24 heavy (non-hydrogen) atoms. The summed E-state index contributed by atoms with van der Waals surface area (Å²) in [6.45, 7) is 0.430. The summed E-state index contributed by atoms with van der Waals surface area (Å²) in [5.41, 5.74) is 1.95. The van der Waals surface area contributed by atoms with Gasteiger partial charge < -0.3 is 0 Å². The highest BCUT2D eigenvalue weighted by Crippen LogP contribution is 2.33. The van der Waals surface area contributed by atoms with Gasteiger partial charge in [-0.1, -0.05) is 60.1 Å². The van der Waals surface area contributed by atoms with Crippen molar-refractivity contribution in [3.63, 3.8) is 0 Å². The normalized spacial score (nSPS) is 16.2. The molecule has 3 rings (SSSR count). The number of halogens is 1. The standard InChI is InChI=1S/C19H16ClNO2S/c20-16-11-5-4-10-15(16)13-17-18(22)21(19(23)24-17)12-6-9-14-7-2-1-3-8-14/h1-5,7-8,10-11,13H,6,9,12H2/b17-13+. The predicted molar refractivity (Wildman–Crippen MR) is 98.9 cm³/mol. The molecule has 1 heterocycles. The maximum absolute atomic E-state index is 12.4. The molecule has 0 radical (unpaired) electrons. The highest BCUT2D eigenvalue weighted by Gasteiger charge is 2.34. The van der Waals surface area contributed by atoms with Gasteiger partial charge in [-0.3, -0.25) is 14.5 Å². The summed E-state index contributed by atoms with van der Waals surface area (Å²) in [7, 11) is 0. The average molecular weight is 358 g/mol. The summed E-state index contributed by atoms with van der Waals surface area (Å²) in [4.78, 5) is 26.3. The number of hydrogen-bond donors (Lipinski definition) is 0. The summed E-state index contributed by atoms with van der Waals surface area (Å²) >= 11 is 7.08. The topological polar surface area (TPSA) is 37.4 Å². The number of nitrogens with zero attached hydrogens (tertiary/aromatic N) is 1. The fourth-order valence-electron chi connectivity index (χ4n) is 2.51. The van der Waals surface area contributed by atoms with Crippen LogP contribution in [-0.2, 0) is 11.2 Å². The van der Waals surface area contributed by atoms with Gasteiger partial charge in [-0.15, -0.1) is 0 Å². The molecule has 0 spiro atoms. The van der Waals surface area contributed by atoms with Crippen molar-refractivity contribution in [1.29, 1.82) is 0 Å². The zero-order valence-electron chi connectivity index (χ0n) is 12.9. The lowest BCUT2D eigenvalue weighted by Gasteiger charge is -2.12. The van der Waals surface area contributed by atoms with E-state index in [1.165, 1.54) is 10.5 Å². The highest BCUT2D eigenvalue weighted by molar-refractivity contribution is 8.18. The number of benzene rings is 2. The SMILES string of the molecule is O=C1S/C(=C/c2ccccc2Cl)C(=O)N1CCCc1ccccc1. The number of carbonyl (C=O) groups excluding carboxylic acids is 2. The Morgan fingerprint density at radius 3 is 2.46 bits per heavy atom. The van der Waals surface area contributed by atoms with Crippen LogP contribution in [0, 0.1) is 0 Å². The third-order valence-corrected chi connectivity index (χ3v) is 5.01. The van der Waals surface area contributed by atoms with Crippen LogP contribution in [0.3, 0.4) is 0 Å². The second-order valence-corrected chi connectivity index (χ2v) is 6.84. The van der Waals surface area contributed by atoms with Crippen LogP contribution in [0.5, 0.6) is 0 Å². The Labute approximate surface area is 150 Å². The number of amides is 2. The molecule has 5 heteroatoms. The first kappa shape index (κ1) is 16.8. The molecule has 2 aromatic rings. The Bertz CT molecular complexity index is 789. The van der Waals surface area contributed by atoms with E-state index < -0.39 is 0 Å². The maximum atomic E-state index is 12.4. The monoisotopic (exact) mass is 357 g/mol. The lowest BCUT2D eigenvalue weighted by atomic mass is 10.1. The van der Waals surface area contributed by atoms with E-state index in [1.54, 1.807) is 12.1 Å². The molecule has 1 fully saturated rings. The number of hydrogen-bond acceptors (Lipinski definition) is 3. The van der Waals surface area contributed by atoms with E-state index in [1.807, 2.05) is 48.5 Å². The van der Waals surface area contributed by atoms with Crippen LogP contribution >= 0.6 is 23.4 Å². The van der Waals surface area contributed by atoms with Crippen LogP contribution in [0.1, 0.15) is 17.5 Å². The predicted octanol–water partition coefficient (Wildman–Crippen LogP) is 5.01. The van der Waals surface area contributed by atoms with E-state index in [-0.39, 0.29) is 11.1 Å². The summed E-state index contributed by atoms with van der Waals surface area (Å²) < 4.78 is 0. The average Bonchev–Trinajstić information content (AvgIpc) is 2.85. The van der Waals surface area contributed by atoms with Crippen LogP contribution < -0.4 is 0 Å². The van der Waals surface area contributed by atoms with Gasteiger partial charge in [-0.2, -0.15) is 0 Å². The van der Waals surface area contributed by atoms with Crippen molar-refractivity contribution in [1.82, 2.24) is 4.90 Å². The summed E-state index contributed by atoms with van der Waals surface area (Å²) in [5, 5.41) is 0.347. The summed E-state index contributed by atoms with van der Waals surface area (Å²) in [6.07, 6.45) is 3.28. The van der Waals surface area contributed by atoms with Crippen LogP contribution in [0.15, 0.2) is 59.5 Å². The Hall–Kier alpha value is -2.04. The fraction of sp³-hybridized carbons (Fsp3) is 0.158. The molecule has 3 nitrogen and oxygen atoms in total. The summed E-state index contributed by atoms with van der Waals surface area (Å²) in [5.74, 6) is -0.238. The van der Waals surface area contributed by atoms with Gasteiger partial charge in [0.1, 0.15) is 0 Å². The van der Waals surface area contributed by atoms with Crippen LogP contribution in [0.25, 0.3) is 6.08 Å². The zero-order chi connectivity index (χ0) is 16.9. The first-order chi connectivity index (χ1) is 11.6. The quantitative estimate of drug-likeness (QED) is 0.706. The van der Waals surface area contributed by atoms with Gasteiger partial charge in [-0.25, -0.2) is 0 Å². The van der Waals surface area contributed by atoms with E-state index in [0.29, 0.717) is 16.5 Å². The molecule has 0 N–H and O–H groups in total. The molecular weight excluding hydrogens is 342 g/mol. The maximum Gasteiger partial charge on any atom is 0.293 e. The molecule has 2 aromatic carbocycles. The lowest BCUT2D eigenvalue weighted by molar-refractivity contribution is -0.122.